The molecule has 0 saturated carbocycles. The van der Waals surface area contributed by atoms with Crippen molar-refractivity contribution in [2.45, 2.75) is 38.6 Å². The molecule has 1 fully saturated rings. The number of guanidine groups is 1. The Morgan fingerprint density at radius 3 is 2.76 bits per heavy atom. The van der Waals surface area contributed by atoms with E-state index in [-0.39, 0.29) is 11.4 Å². The number of fused-ring (bicyclic) bond motifs is 1. The quantitative estimate of drug-likeness (QED) is 0.777. The molecule has 0 aliphatic carbocycles. The Morgan fingerprint density at radius 1 is 1.32 bits per heavy atom. The first-order chi connectivity index (χ1) is 12.0. The van der Waals surface area contributed by atoms with Gasteiger partial charge in [-0.25, -0.2) is 0 Å². The maximum atomic E-state index is 12.7. The predicted octanol–water partition coefficient (Wildman–Crippen LogP) is 1.61. The van der Waals surface area contributed by atoms with Crippen molar-refractivity contribution in [3.63, 3.8) is 0 Å². The van der Waals surface area contributed by atoms with Gasteiger partial charge in [-0.2, -0.15) is 0 Å². The molecule has 0 radical (unpaired) electrons. The van der Waals surface area contributed by atoms with Gasteiger partial charge in [0.1, 0.15) is 0 Å². The van der Waals surface area contributed by atoms with Crippen molar-refractivity contribution in [3.8, 4) is 0 Å². The lowest BCUT2D eigenvalue weighted by Crippen LogP contribution is -2.56. The standard InChI is InChI=1S/C19H25N5O/c1-12-13(2)22-16-4-3-14(9-15(12)16)10-17(25)24-7-5-19(6-8-24)11-21-18(20)23-19/h3-4,9,22H,5-8,10-11H2,1-2H3,(H3,20,21,23). The van der Waals surface area contributed by atoms with Crippen molar-refractivity contribution in [2.24, 2.45) is 10.7 Å². The van der Waals surface area contributed by atoms with Gasteiger partial charge < -0.3 is 20.9 Å². The number of benzene rings is 1. The Bertz CT molecular complexity index is 858. The van der Waals surface area contributed by atoms with Crippen LogP contribution in [-0.4, -0.2) is 46.9 Å². The highest BCUT2D eigenvalue weighted by Crippen LogP contribution is 2.26. The van der Waals surface area contributed by atoms with Gasteiger partial charge in [0.15, 0.2) is 5.96 Å². The van der Waals surface area contributed by atoms with Crippen molar-refractivity contribution >= 4 is 22.8 Å². The monoisotopic (exact) mass is 339 g/mol. The number of nitrogens with zero attached hydrogens (tertiary/aromatic N) is 2. The maximum absolute atomic E-state index is 12.7. The summed E-state index contributed by atoms with van der Waals surface area (Å²) in [6.45, 7) is 6.45. The average Bonchev–Trinajstić information content (AvgIpc) is 3.09. The van der Waals surface area contributed by atoms with E-state index >= 15 is 0 Å². The molecule has 25 heavy (non-hydrogen) atoms. The van der Waals surface area contributed by atoms with Crippen molar-refractivity contribution in [3.05, 3.63) is 35.0 Å². The minimum absolute atomic E-state index is 0.0282. The molecule has 6 nitrogen and oxygen atoms in total. The summed E-state index contributed by atoms with van der Waals surface area (Å²) in [5.41, 5.74) is 10.4. The molecule has 1 saturated heterocycles. The molecule has 3 heterocycles. The molecule has 1 aromatic carbocycles. The van der Waals surface area contributed by atoms with Crippen LogP contribution in [0.3, 0.4) is 0 Å². The van der Waals surface area contributed by atoms with Gasteiger partial charge in [-0.15, -0.1) is 0 Å². The Labute approximate surface area is 147 Å². The van der Waals surface area contributed by atoms with Gasteiger partial charge in [-0.05, 0) is 49.9 Å². The van der Waals surface area contributed by atoms with E-state index in [9.17, 15) is 4.79 Å². The van der Waals surface area contributed by atoms with Crippen molar-refractivity contribution in [2.75, 3.05) is 19.6 Å². The first kappa shape index (κ1) is 16.0. The fraction of sp³-hybridized carbons (Fsp3) is 0.474. The maximum Gasteiger partial charge on any atom is 0.226 e. The number of aryl methyl sites for hydroxylation is 2. The first-order valence-corrected chi connectivity index (χ1v) is 8.89. The molecule has 4 N–H and O–H groups in total. The molecule has 1 aromatic heterocycles. The zero-order chi connectivity index (χ0) is 17.6. The molecular weight excluding hydrogens is 314 g/mol. The summed E-state index contributed by atoms with van der Waals surface area (Å²) >= 11 is 0. The SMILES string of the molecule is Cc1[nH]c2ccc(CC(=O)N3CCC4(CC3)CN=C(N)N4)cc2c1C. The van der Waals surface area contributed by atoms with Crippen LogP contribution in [0.5, 0.6) is 0 Å². The summed E-state index contributed by atoms with van der Waals surface area (Å²) in [6.07, 6.45) is 2.26. The van der Waals surface area contributed by atoms with E-state index < -0.39 is 0 Å². The minimum atomic E-state index is -0.0282. The lowest BCUT2D eigenvalue weighted by Gasteiger charge is -2.39. The number of hydrogen-bond donors (Lipinski definition) is 3. The number of aliphatic imine (C=N–C) groups is 1. The van der Waals surface area contributed by atoms with E-state index in [0.29, 0.717) is 12.4 Å². The number of likely N-dealkylation sites (tertiary alicyclic amines) is 1. The lowest BCUT2D eigenvalue weighted by molar-refractivity contribution is -0.132. The number of aromatic amines is 1. The second-order valence-electron chi connectivity index (χ2n) is 7.42. The number of hydrogen-bond acceptors (Lipinski definition) is 4. The van der Waals surface area contributed by atoms with Gasteiger partial charge in [-0.1, -0.05) is 6.07 Å². The van der Waals surface area contributed by atoms with Gasteiger partial charge in [-0.3, -0.25) is 9.79 Å². The number of nitrogens with two attached hydrogens (primary N) is 1. The highest BCUT2D eigenvalue weighted by Gasteiger charge is 2.38. The van der Waals surface area contributed by atoms with Crippen LogP contribution in [-0.2, 0) is 11.2 Å². The van der Waals surface area contributed by atoms with Crippen LogP contribution in [0, 0.1) is 13.8 Å². The second-order valence-corrected chi connectivity index (χ2v) is 7.42. The third-order valence-electron chi connectivity index (χ3n) is 5.75. The zero-order valence-corrected chi connectivity index (χ0v) is 14.9. The summed E-state index contributed by atoms with van der Waals surface area (Å²) in [6, 6.07) is 6.27. The number of amides is 1. The van der Waals surface area contributed by atoms with Crippen LogP contribution in [0.4, 0.5) is 0 Å². The van der Waals surface area contributed by atoms with Gasteiger partial charge in [0.05, 0.1) is 18.5 Å². The number of rotatable bonds is 2. The number of nitrogens with one attached hydrogen (secondary N) is 2. The molecule has 0 bridgehead atoms. The van der Waals surface area contributed by atoms with Gasteiger partial charge in [0.25, 0.3) is 0 Å². The largest absolute Gasteiger partial charge is 0.370 e. The van der Waals surface area contributed by atoms with Gasteiger partial charge in [0.2, 0.25) is 5.91 Å². The number of carbonyl (C=O) groups is 1. The summed E-state index contributed by atoms with van der Waals surface area (Å²) in [5, 5.41) is 4.50. The van der Waals surface area contributed by atoms with Gasteiger partial charge >= 0.3 is 0 Å². The van der Waals surface area contributed by atoms with Crippen molar-refractivity contribution in [1.29, 1.82) is 0 Å². The molecule has 0 unspecified atom stereocenters. The molecule has 2 aromatic rings. The molecule has 1 amide bonds. The van der Waals surface area contributed by atoms with E-state index in [1.54, 1.807) is 0 Å². The van der Waals surface area contributed by atoms with Crippen LogP contribution < -0.4 is 11.1 Å². The predicted molar refractivity (Wildman–Crippen MR) is 99.6 cm³/mol. The Hall–Kier alpha value is -2.50. The highest BCUT2D eigenvalue weighted by molar-refractivity contribution is 5.87. The van der Waals surface area contributed by atoms with Crippen LogP contribution >= 0.6 is 0 Å². The number of piperidine rings is 1. The molecule has 6 heteroatoms. The number of H-pyrrole nitrogens is 1. The molecule has 2 aliphatic rings. The number of carbonyl (C=O) groups excluding carboxylic acids is 1. The van der Waals surface area contributed by atoms with Crippen LogP contribution in [0.1, 0.15) is 29.7 Å². The highest BCUT2D eigenvalue weighted by atomic mass is 16.2. The summed E-state index contributed by atoms with van der Waals surface area (Å²) in [7, 11) is 0. The zero-order valence-electron chi connectivity index (χ0n) is 14.9. The Balaban J connectivity index is 1.42. The van der Waals surface area contributed by atoms with E-state index in [1.165, 1.54) is 16.6 Å². The molecule has 0 atom stereocenters. The molecule has 2 aliphatic heterocycles. The smallest absolute Gasteiger partial charge is 0.226 e. The van der Waals surface area contributed by atoms with E-state index in [4.69, 9.17) is 5.73 Å². The van der Waals surface area contributed by atoms with Crippen LogP contribution in [0.2, 0.25) is 0 Å². The van der Waals surface area contributed by atoms with E-state index in [2.05, 4.69) is 41.3 Å². The Kier molecular flexibility index (Phi) is 3.71. The third kappa shape index (κ3) is 2.86. The second kappa shape index (κ2) is 5.79. The molecule has 132 valence electrons. The first-order valence-electron chi connectivity index (χ1n) is 8.89. The average molecular weight is 339 g/mol. The molecule has 1 spiro atoms. The van der Waals surface area contributed by atoms with E-state index in [0.717, 1.165) is 43.6 Å². The topological polar surface area (TPSA) is 86.5 Å². The fourth-order valence-corrected chi connectivity index (χ4v) is 3.96. The summed E-state index contributed by atoms with van der Waals surface area (Å²) < 4.78 is 0. The molecule has 4 rings (SSSR count). The summed E-state index contributed by atoms with van der Waals surface area (Å²) in [5.74, 6) is 0.733. The van der Waals surface area contributed by atoms with Crippen LogP contribution in [0.25, 0.3) is 10.9 Å². The Morgan fingerprint density at radius 2 is 2.08 bits per heavy atom. The fourth-order valence-electron chi connectivity index (χ4n) is 3.96. The van der Waals surface area contributed by atoms with Crippen molar-refractivity contribution < 1.29 is 4.79 Å². The minimum Gasteiger partial charge on any atom is -0.370 e. The molecular formula is C19H25N5O. The van der Waals surface area contributed by atoms with Crippen molar-refractivity contribution in [1.82, 2.24) is 15.2 Å². The van der Waals surface area contributed by atoms with Crippen LogP contribution in [0.15, 0.2) is 23.2 Å². The lowest BCUT2D eigenvalue weighted by atomic mass is 9.88. The van der Waals surface area contributed by atoms with Gasteiger partial charge in [0, 0.05) is 29.7 Å². The van der Waals surface area contributed by atoms with E-state index in [1.807, 2.05) is 11.0 Å². The normalized spacial score (nSPS) is 19.3. The number of aromatic nitrogens is 1. The third-order valence-corrected chi connectivity index (χ3v) is 5.75. The summed E-state index contributed by atoms with van der Waals surface area (Å²) in [4.78, 5) is 22.3.